The maximum absolute atomic E-state index is 12.3. The van der Waals surface area contributed by atoms with E-state index < -0.39 is 5.60 Å². The predicted octanol–water partition coefficient (Wildman–Crippen LogP) is 3.55. The predicted molar refractivity (Wildman–Crippen MR) is 99.8 cm³/mol. The van der Waals surface area contributed by atoms with Gasteiger partial charge in [-0.05, 0) is 44.9 Å². The third kappa shape index (κ3) is 4.70. The van der Waals surface area contributed by atoms with E-state index in [1.165, 1.54) is 12.1 Å². The molecule has 138 valence electrons. The molecule has 0 aromatic carbocycles. The topological polar surface area (TPSA) is 69.2 Å². The first-order valence-electron chi connectivity index (χ1n) is 8.53. The molecule has 0 amide bonds. The van der Waals surface area contributed by atoms with Crippen molar-refractivity contribution >= 4 is 34.9 Å². The van der Waals surface area contributed by atoms with Gasteiger partial charge in [-0.25, -0.2) is 14.5 Å². The maximum Gasteiger partial charge on any atom is 0.314 e. The normalized spacial score (nSPS) is 28.0. The van der Waals surface area contributed by atoms with Crippen LogP contribution in [-0.2, 0) is 19.3 Å². The van der Waals surface area contributed by atoms with E-state index in [4.69, 9.17) is 14.5 Å². The van der Waals surface area contributed by atoms with E-state index in [-0.39, 0.29) is 24.2 Å². The molecule has 25 heavy (non-hydrogen) atoms. The highest BCUT2D eigenvalue weighted by molar-refractivity contribution is 8.15. The molecule has 3 atom stereocenters. The minimum Gasteiger partial charge on any atom is -0.459 e. The highest BCUT2D eigenvalue weighted by Crippen LogP contribution is 2.41. The van der Waals surface area contributed by atoms with Gasteiger partial charge in [0.25, 0.3) is 0 Å². The van der Waals surface area contributed by atoms with Gasteiger partial charge in [-0.2, -0.15) is 4.40 Å². The Morgan fingerprint density at radius 2 is 2.16 bits per heavy atom. The first-order chi connectivity index (χ1) is 11.9. The summed E-state index contributed by atoms with van der Waals surface area (Å²) in [7, 11) is 0. The summed E-state index contributed by atoms with van der Waals surface area (Å²) in [5.41, 5.74) is 4.75. The number of nitrogens with zero attached hydrogens (tertiary/aromatic N) is 1. The van der Waals surface area contributed by atoms with E-state index in [0.717, 1.165) is 28.4 Å². The van der Waals surface area contributed by atoms with E-state index >= 15 is 0 Å². The Morgan fingerprint density at radius 1 is 1.36 bits per heavy atom. The van der Waals surface area contributed by atoms with Gasteiger partial charge in [0.05, 0.1) is 18.1 Å². The molecule has 0 aromatic heterocycles. The zero-order valence-electron chi connectivity index (χ0n) is 15.0. The minimum atomic E-state index is -0.471. The van der Waals surface area contributed by atoms with Crippen molar-refractivity contribution in [2.75, 3.05) is 5.75 Å². The Morgan fingerprint density at radius 3 is 2.80 bits per heavy atom. The van der Waals surface area contributed by atoms with Crippen molar-refractivity contribution in [3.8, 4) is 0 Å². The van der Waals surface area contributed by atoms with E-state index in [2.05, 4.69) is 21.8 Å². The Kier molecular flexibility index (Phi) is 5.98. The van der Waals surface area contributed by atoms with Crippen LogP contribution >= 0.6 is 23.9 Å². The van der Waals surface area contributed by atoms with E-state index in [1.54, 1.807) is 11.8 Å². The largest absolute Gasteiger partial charge is 0.459 e. The second-order valence-corrected chi connectivity index (χ2v) is 8.93. The number of carbonyl (C=O) groups excluding carboxylic acids is 1. The molecule has 8 heteroatoms. The van der Waals surface area contributed by atoms with Crippen LogP contribution < -0.4 is 4.72 Å². The quantitative estimate of drug-likeness (QED) is 0.247. The van der Waals surface area contributed by atoms with Gasteiger partial charge in [0.15, 0.2) is 0 Å². The second kappa shape index (κ2) is 7.86. The van der Waals surface area contributed by atoms with E-state index in [0.29, 0.717) is 12.8 Å². The Bertz CT molecular complexity index is 635. The van der Waals surface area contributed by atoms with Gasteiger partial charge < -0.3 is 4.74 Å². The van der Waals surface area contributed by atoms with E-state index in [9.17, 15) is 4.79 Å². The van der Waals surface area contributed by atoms with Gasteiger partial charge in [-0.3, -0.25) is 4.79 Å². The summed E-state index contributed by atoms with van der Waals surface area (Å²) in [5, 5.41) is 0.896. The highest BCUT2D eigenvalue weighted by atomic mass is 32.2. The fourth-order valence-electron chi connectivity index (χ4n) is 2.82. The molecular formula is C17H24N2O4S2. The number of ether oxygens (including phenoxy) is 1. The molecule has 0 saturated heterocycles. The fourth-order valence-corrected chi connectivity index (χ4v) is 4.36. The molecule has 0 spiro atoms. The van der Waals surface area contributed by atoms with Crippen molar-refractivity contribution in [3.63, 3.8) is 0 Å². The molecule has 0 radical (unpaired) electrons. The van der Waals surface area contributed by atoms with Crippen molar-refractivity contribution in [1.82, 2.24) is 4.72 Å². The summed E-state index contributed by atoms with van der Waals surface area (Å²) in [6, 6.07) is 0. The number of hydrogen-bond acceptors (Lipinski definition) is 8. The lowest BCUT2D eigenvalue weighted by molar-refractivity contribution is -0.331. The molecule has 6 nitrogen and oxygen atoms in total. The fraction of sp³-hybridized carbons (Fsp3) is 0.706. The molecule has 3 rings (SSSR count). The van der Waals surface area contributed by atoms with Crippen molar-refractivity contribution in [3.05, 3.63) is 16.9 Å². The lowest BCUT2D eigenvalue weighted by Crippen LogP contribution is -2.34. The lowest BCUT2D eigenvalue weighted by Gasteiger charge is -2.27. The average Bonchev–Trinajstić information content (AvgIpc) is 3.23. The van der Waals surface area contributed by atoms with Crippen LogP contribution in [0.4, 0.5) is 0 Å². The molecule has 1 aliphatic heterocycles. The number of hydrogen-bond donors (Lipinski definition) is 1. The number of nitrogens with one attached hydrogen (secondary N) is 1. The summed E-state index contributed by atoms with van der Waals surface area (Å²) in [6.45, 7) is 7.77. The Balaban J connectivity index is 1.46. The third-order valence-electron chi connectivity index (χ3n) is 3.89. The second-order valence-electron chi connectivity index (χ2n) is 7.22. The number of thioether (sulfide) groups is 1. The van der Waals surface area contributed by atoms with Crippen LogP contribution in [0.3, 0.4) is 0 Å². The van der Waals surface area contributed by atoms with Gasteiger partial charge >= 0.3 is 5.97 Å². The van der Waals surface area contributed by atoms with Crippen molar-refractivity contribution < 1.29 is 19.3 Å². The van der Waals surface area contributed by atoms with Gasteiger partial charge in [0, 0.05) is 12.0 Å². The molecule has 0 aromatic rings. The Hall–Kier alpha value is -0.760. The van der Waals surface area contributed by atoms with Crippen molar-refractivity contribution in [2.24, 2.45) is 10.3 Å². The standard InChI is InChI=1S/C17H24N2O4S2/c1-5-6-24-15-14(18-25-19-15)23-22-13-9-10-7-11(13)8-12(10)16(20)21-17(2,3)4/h12-14,18H,5-6,8-9H2,1-4H3/t12?,13-,14?/m0/s1. The van der Waals surface area contributed by atoms with Crippen LogP contribution in [0.2, 0.25) is 0 Å². The smallest absolute Gasteiger partial charge is 0.314 e. The summed E-state index contributed by atoms with van der Waals surface area (Å²) in [6.07, 6.45) is 1.81. The van der Waals surface area contributed by atoms with Crippen LogP contribution in [0.5, 0.6) is 0 Å². The van der Waals surface area contributed by atoms with Crippen LogP contribution in [0, 0.1) is 5.92 Å². The molecule has 2 aliphatic carbocycles. The van der Waals surface area contributed by atoms with Crippen LogP contribution in [0.1, 0.15) is 47.0 Å². The summed E-state index contributed by atoms with van der Waals surface area (Å²) in [4.78, 5) is 23.4. The Labute approximate surface area is 157 Å². The van der Waals surface area contributed by atoms with Crippen molar-refractivity contribution in [1.29, 1.82) is 0 Å². The molecule has 1 heterocycles. The first kappa shape index (κ1) is 19.0. The van der Waals surface area contributed by atoms with Gasteiger partial charge in [0.1, 0.15) is 16.7 Å². The number of rotatable bonds is 6. The SMILES string of the molecule is CCCSC1=NSNC1OO[C@H]1CC2=C=C1CC2C(=O)OC(C)(C)C. The molecule has 2 bridgehead atoms. The number of esters is 1. The summed E-state index contributed by atoms with van der Waals surface area (Å²) >= 11 is 2.94. The maximum atomic E-state index is 12.3. The molecule has 0 fully saturated rings. The van der Waals surface area contributed by atoms with Crippen LogP contribution in [-0.4, -0.2) is 34.7 Å². The van der Waals surface area contributed by atoms with Gasteiger partial charge in [0.2, 0.25) is 6.23 Å². The lowest BCUT2D eigenvalue weighted by atomic mass is 9.87. The summed E-state index contributed by atoms with van der Waals surface area (Å²) in [5.74, 6) is 0.605. The molecule has 2 unspecified atom stereocenters. The zero-order valence-corrected chi connectivity index (χ0v) is 16.6. The van der Waals surface area contributed by atoms with Crippen LogP contribution in [0.25, 0.3) is 0 Å². The molecule has 3 aliphatic rings. The number of carbonyl (C=O) groups is 1. The molecule has 1 N–H and O–H groups in total. The monoisotopic (exact) mass is 384 g/mol. The van der Waals surface area contributed by atoms with Crippen molar-refractivity contribution in [2.45, 2.75) is 64.9 Å². The average molecular weight is 385 g/mol. The van der Waals surface area contributed by atoms with E-state index in [1.807, 2.05) is 20.8 Å². The third-order valence-corrected chi connectivity index (χ3v) is 5.83. The van der Waals surface area contributed by atoms with Gasteiger partial charge in [-0.1, -0.05) is 6.92 Å². The first-order valence-corrected chi connectivity index (χ1v) is 10.3. The highest BCUT2D eigenvalue weighted by Gasteiger charge is 2.42. The van der Waals surface area contributed by atoms with Crippen LogP contribution in [0.15, 0.2) is 21.3 Å². The van der Waals surface area contributed by atoms with Gasteiger partial charge in [-0.15, -0.1) is 17.5 Å². The molecular weight excluding hydrogens is 360 g/mol. The minimum absolute atomic E-state index is 0.168. The molecule has 0 saturated carbocycles. The zero-order chi connectivity index (χ0) is 18.0. The summed E-state index contributed by atoms with van der Waals surface area (Å²) < 4.78 is 12.9.